The molecule has 0 bridgehead atoms. The fourth-order valence-electron chi connectivity index (χ4n) is 1.65. The van der Waals surface area contributed by atoms with Crippen molar-refractivity contribution in [1.29, 1.82) is 0 Å². The van der Waals surface area contributed by atoms with E-state index in [-0.39, 0.29) is 35.6 Å². The molecule has 0 aliphatic carbocycles. The van der Waals surface area contributed by atoms with Gasteiger partial charge in [0.2, 0.25) is 15.9 Å². The Hall–Kier alpha value is -1.75. The summed E-state index contributed by atoms with van der Waals surface area (Å²) in [6.07, 6.45) is 0. The Morgan fingerprint density at radius 1 is 1.42 bits per heavy atom. The summed E-state index contributed by atoms with van der Waals surface area (Å²) in [4.78, 5) is 21.6. The zero-order valence-corrected chi connectivity index (χ0v) is 15.2. The standard InChI is InChI=1S/C13H20N4O5S.ClH/c1-10(14-2)8-15-13(18)9-16(3)23(21,22)12-6-4-5-11(7-12)17(19)20;/h4-7,10,14H,8-9H2,1-3H3,(H,15,18);1H. The van der Waals surface area contributed by atoms with E-state index in [2.05, 4.69) is 10.6 Å². The van der Waals surface area contributed by atoms with Crippen LogP contribution in [0.5, 0.6) is 0 Å². The van der Waals surface area contributed by atoms with Gasteiger partial charge in [-0.25, -0.2) is 8.42 Å². The number of carbonyl (C=O) groups excluding carboxylic acids is 1. The predicted molar refractivity (Wildman–Crippen MR) is 91.7 cm³/mol. The highest BCUT2D eigenvalue weighted by molar-refractivity contribution is 7.89. The first-order valence-electron chi connectivity index (χ1n) is 6.83. The number of halogens is 1. The van der Waals surface area contributed by atoms with Gasteiger partial charge in [0.15, 0.2) is 0 Å². The van der Waals surface area contributed by atoms with Crippen LogP contribution < -0.4 is 10.6 Å². The first kappa shape index (κ1) is 22.2. The van der Waals surface area contributed by atoms with Gasteiger partial charge < -0.3 is 10.6 Å². The molecule has 1 aromatic rings. The van der Waals surface area contributed by atoms with Crippen molar-refractivity contribution in [2.75, 3.05) is 27.2 Å². The molecule has 24 heavy (non-hydrogen) atoms. The van der Waals surface area contributed by atoms with Crippen LogP contribution in [-0.2, 0) is 14.8 Å². The van der Waals surface area contributed by atoms with Gasteiger partial charge in [-0.15, -0.1) is 12.4 Å². The molecule has 0 radical (unpaired) electrons. The van der Waals surface area contributed by atoms with Crippen LogP contribution in [0.25, 0.3) is 0 Å². The Morgan fingerprint density at radius 3 is 2.58 bits per heavy atom. The van der Waals surface area contributed by atoms with Crippen LogP contribution in [0.4, 0.5) is 5.69 Å². The predicted octanol–water partition coefficient (Wildman–Crippen LogP) is 0.361. The number of nitrogens with one attached hydrogen (secondary N) is 2. The van der Waals surface area contributed by atoms with Crippen molar-refractivity contribution in [2.24, 2.45) is 0 Å². The fourth-order valence-corrected chi connectivity index (χ4v) is 2.82. The van der Waals surface area contributed by atoms with E-state index in [1.165, 1.54) is 25.2 Å². The number of hydrogen-bond donors (Lipinski definition) is 2. The van der Waals surface area contributed by atoms with Crippen LogP contribution in [0, 0.1) is 10.1 Å². The number of nitrogens with zero attached hydrogens (tertiary/aromatic N) is 2. The normalized spacial score (nSPS) is 12.3. The van der Waals surface area contributed by atoms with Gasteiger partial charge in [-0.2, -0.15) is 4.31 Å². The summed E-state index contributed by atoms with van der Waals surface area (Å²) in [5.74, 6) is -0.455. The molecule has 0 spiro atoms. The van der Waals surface area contributed by atoms with Gasteiger partial charge in [-0.05, 0) is 20.0 Å². The largest absolute Gasteiger partial charge is 0.353 e. The Morgan fingerprint density at radius 2 is 2.04 bits per heavy atom. The second-order valence-corrected chi connectivity index (χ2v) is 7.05. The topological polar surface area (TPSA) is 122 Å². The molecule has 0 saturated carbocycles. The molecule has 0 aliphatic heterocycles. The van der Waals surface area contributed by atoms with E-state index in [9.17, 15) is 23.3 Å². The lowest BCUT2D eigenvalue weighted by Gasteiger charge is -2.18. The first-order valence-corrected chi connectivity index (χ1v) is 8.27. The Bertz CT molecular complexity index is 683. The van der Waals surface area contributed by atoms with Crippen molar-refractivity contribution < 1.29 is 18.1 Å². The number of likely N-dealkylation sites (N-methyl/N-ethyl adjacent to an activating group) is 2. The van der Waals surface area contributed by atoms with Gasteiger partial charge in [0.25, 0.3) is 5.69 Å². The van der Waals surface area contributed by atoms with E-state index < -0.39 is 20.9 Å². The van der Waals surface area contributed by atoms with E-state index in [4.69, 9.17) is 0 Å². The number of hydrogen-bond acceptors (Lipinski definition) is 6. The summed E-state index contributed by atoms with van der Waals surface area (Å²) < 4.78 is 25.5. The number of carbonyl (C=O) groups is 1. The quantitative estimate of drug-likeness (QED) is 0.496. The van der Waals surface area contributed by atoms with Crippen LogP contribution in [-0.4, -0.2) is 56.8 Å². The molecule has 0 heterocycles. The maximum atomic E-state index is 12.3. The Labute approximate surface area is 147 Å². The molecule has 1 rings (SSSR count). The highest BCUT2D eigenvalue weighted by Gasteiger charge is 2.24. The van der Waals surface area contributed by atoms with Gasteiger partial charge in [-0.1, -0.05) is 6.07 Å². The van der Waals surface area contributed by atoms with Gasteiger partial charge in [0, 0.05) is 31.8 Å². The van der Waals surface area contributed by atoms with Crippen molar-refractivity contribution in [3.63, 3.8) is 0 Å². The molecular formula is C13H21ClN4O5S. The minimum absolute atomic E-state index is 0. The van der Waals surface area contributed by atoms with Crippen LogP contribution in [0.2, 0.25) is 0 Å². The molecule has 0 aliphatic rings. The third-order valence-corrected chi connectivity index (χ3v) is 5.00. The number of nitro benzene ring substituents is 1. The third kappa shape index (κ3) is 6.04. The number of sulfonamides is 1. The summed E-state index contributed by atoms with van der Waals surface area (Å²) in [6, 6.07) is 4.75. The van der Waals surface area contributed by atoms with Crippen LogP contribution in [0.1, 0.15) is 6.92 Å². The average molecular weight is 381 g/mol. The van der Waals surface area contributed by atoms with Crippen molar-refractivity contribution in [3.05, 3.63) is 34.4 Å². The van der Waals surface area contributed by atoms with Gasteiger partial charge in [0.05, 0.1) is 16.4 Å². The van der Waals surface area contributed by atoms with E-state index in [0.29, 0.717) is 6.54 Å². The second-order valence-electron chi connectivity index (χ2n) is 5.01. The average Bonchev–Trinajstić information content (AvgIpc) is 2.52. The number of rotatable bonds is 8. The molecule has 0 fully saturated rings. The number of nitro groups is 1. The summed E-state index contributed by atoms with van der Waals surface area (Å²) in [6.45, 7) is 1.85. The summed E-state index contributed by atoms with van der Waals surface area (Å²) in [5, 5.41) is 16.3. The van der Waals surface area contributed by atoms with Gasteiger partial charge in [-0.3, -0.25) is 14.9 Å². The highest BCUT2D eigenvalue weighted by atomic mass is 35.5. The van der Waals surface area contributed by atoms with E-state index in [1.54, 1.807) is 7.05 Å². The monoisotopic (exact) mass is 380 g/mol. The zero-order chi connectivity index (χ0) is 17.6. The van der Waals surface area contributed by atoms with Crippen LogP contribution in [0.15, 0.2) is 29.2 Å². The number of non-ortho nitro benzene ring substituents is 1. The van der Waals surface area contributed by atoms with Crippen molar-refractivity contribution >= 4 is 34.0 Å². The first-order chi connectivity index (χ1) is 10.7. The maximum Gasteiger partial charge on any atom is 0.270 e. The van der Waals surface area contributed by atoms with Gasteiger partial charge >= 0.3 is 0 Å². The molecule has 0 aromatic heterocycles. The van der Waals surface area contributed by atoms with E-state index in [1.807, 2.05) is 6.92 Å². The molecule has 1 aromatic carbocycles. The maximum absolute atomic E-state index is 12.3. The SMILES string of the molecule is CNC(C)CNC(=O)CN(C)S(=O)(=O)c1cccc([N+](=O)[O-])c1.Cl. The van der Waals surface area contributed by atoms with Crippen LogP contribution >= 0.6 is 12.4 Å². The Kier molecular flexibility index (Phi) is 8.83. The second kappa shape index (κ2) is 9.52. The molecule has 2 N–H and O–H groups in total. The van der Waals surface area contributed by atoms with Crippen LogP contribution in [0.3, 0.4) is 0 Å². The summed E-state index contributed by atoms with van der Waals surface area (Å²) in [7, 11) is -0.991. The lowest BCUT2D eigenvalue weighted by molar-refractivity contribution is -0.385. The number of amides is 1. The zero-order valence-electron chi connectivity index (χ0n) is 13.6. The molecule has 0 saturated heterocycles. The highest BCUT2D eigenvalue weighted by Crippen LogP contribution is 2.19. The molecule has 1 unspecified atom stereocenters. The van der Waals surface area contributed by atoms with Crippen molar-refractivity contribution in [2.45, 2.75) is 17.9 Å². The van der Waals surface area contributed by atoms with Crippen molar-refractivity contribution in [3.8, 4) is 0 Å². The molecule has 1 amide bonds. The van der Waals surface area contributed by atoms with Gasteiger partial charge in [0.1, 0.15) is 0 Å². The van der Waals surface area contributed by atoms with E-state index >= 15 is 0 Å². The summed E-state index contributed by atoms with van der Waals surface area (Å²) >= 11 is 0. The minimum atomic E-state index is -3.98. The molecule has 1 atom stereocenters. The molecule has 136 valence electrons. The van der Waals surface area contributed by atoms with E-state index in [0.717, 1.165) is 10.4 Å². The summed E-state index contributed by atoms with van der Waals surface area (Å²) in [5.41, 5.74) is -0.327. The molecule has 9 nitrogen and oxygen atoms in total. The molecular weight excluding hydrogens is 360 g/mol. The fraction of sp³-hybridized carbons (Fsp3) is 0.462. The minimum Gasteiger partial charge on any atom is -0.353 e. The number of benzene rings is 1. The van der Waals surface area contributed by atoms with Crippen molar-refractivity contribution in [1.82, 2.24) is 14.9 Å². The smallest absolute Gasteiger partial charge is 0.270 e. The lowest BCUT2D eigenvalue weighted by atomic mass is 10.3. The Balaban J connectivity index is 0.00000529. The lowest BCUT2D eigenvalue weighted by Crippen LogP contribution is -2.42. The molecule has 11 heteroatoms. The third-order valence-electron chi connectivity index (χ3n) is 3.20.